The summed E-state index contributed by atoms with van der Waals surface area (Å²) in [5.41, 5.74) is 2.25. The summed E-state index contributed by atoms with van der Waals surface area (Å²) in [6, 6.07) is 0. The molecule has 0 aromatic carbocycles. The van der Waals surface area contributed by atoms with Crippen molar-refractivity contribution in [2.45, 2.75) is 46.5 Å². The van der Waals surface area contributed by atoms with Crippen molar-refractivity contribution in [3.63, 3.8) is 0 Å². The molecule has 5 atom stereocenters. The van der Waals surface area contributed by atoms with Gasteiger partial charge in [0.1, 0.15) is 0 Å². The van der Waals surface area contributed by atoms with Crippen molar-refractivity contribution in [3.05, 3.63) is 12.2 Å². The predicted octanol–water partition coefficient (Wildman–Crippen LogP) is 4.27. The zero-order valence-corrected chi connectivity index (χ0v) is 10.4. The summed E-state index contributed by atoms with van der Waals surface area (Å²) < 4.78 is 0. The topological polar surface area (TPSA) is 0 Å². The van der Waals surface area contributed by atoms with Crippen LogP contribution in [0.1, 0.15) is 46.5 Å². The highest BCUT2D eigenvalue weighted by Crippen LogP contribution is 2.70. The fraction of sp³-hybridized carbons (Fsp3) is 0.867. The molecule has 0 N–H and O–H groups in total. The van der Waals surface area contributed by atoms with Crippen LogP contribution in [0, 0.1) is 35.0 Å². The fourth-order valence-corrected chi connectivity index (χ4v) is 4.93. The van der Waals surface area contributed by atoms with Crippen LogP contribution in [-0.4, -0.2) is 0 Å². The third-order valence-electron chi connectivity index (χ3n) is 5.91. The van der Waals surface area contributed by atoms with Gasteiger partial charge in [-0.3, -0.25) is 0 Å². The van der Waals surface area contributed by atoms with E-state index in [9.17, 15) is 0 Å². The molecule has 3 aliphatic rings. The van der Waals surface area contributed by atoms with Gasteiger partial charge in [0.15, 0.2) is 0 Å². The molecule has 0 heterocycles. The molecule has 3 saturated carbocycles. The van der Waals surface area contributed by atoms with Crippen molar-refractivity contribution < 1.29 is 0 Å². The second-order valence-electron chi connectivity index (χ2n) is 6.89. The van der Waals surface area contributed by atoms with E-state index < -0.39 is 0 Å². The van der Waals surface area contributed by atoms with Crippen LogP contribution in [0.2, 0.25) is 0 Å². The third-order valence-corrected chi connectivity index (χ3v) is 5.91. The molecule has 0 saturated heterocycles. The van der Waals surface area contributed by atoms with Crippen molar-refractivity contribution in [2.24, 2.45) is 35.0 Å². The standard InChI is InChI=1S/C15H24/c1-9-6-8-12-14(15(12,3)4)13-10(2)5-7-11(9)13/h10-14H,1,5-8H2,2-4H3/t10-,11+,12-,13+,14-/m1/s1. The summed E-state index contributed by atoms with van der Waals surface area (Å²) in [7, 11) is 0. The Balaban J connectivity index is 1.93. The maximum absolute atomic E-state index is 4.35. The minimum Gasteiger partial charge on any atom is -0.0996 e. The Hall–Kier alpha value is -0.260. The number of rotatable bonds is 0. The first-order valence-corrected chi connectivity index (χ1v) is 6.71. The number of hydrogen-bond donors (Lipinski definition) is 0. The van der Waals surface area contributed by atoms with E-state index >= 15 is 0 Å². The van der Waals surface area contributed by atoms with Gasteiger partial charge in [-0.15, -0.1) is 0 Å². The zero-order chi connectivity index (χ0) is 10.8. The van der Waals surface area contributed by atoms with Gasteiger partial charge in [-0.05, 0) is 60.7 Å². The summed E-state index contributed by atoms with van der Waals surface area (Å²) in [4.78, 5) is 0. The lowest BCUT2D eigenvalue weighted by atomic mass is 9.80. The molecule has 0 aliphatic heterocycles. The van der Waals surface area contributed by atoms with E-state index in [0.717, 1.165) is 29.6 Å². The normalized spacial score (nSPS) is 51.9. The highest BCUT2D eigenvalue weighted by Gasteiger charge is 2.64. The molecule has 3 rings (SSSR count). The van der Waals surface area contributed by atoms with Crippen LogP contribution >= 0.6 is 0 Å². The average Bonchev–Trinajstić information content (AvgIpc) is 2.55. The minimum atomic E-state index is 0.655. The van der Waals surface area contributed by atoms with Crippen LogP contribution in [0.15, 0.2) is 12.2 Å². The SMILES string of the molecule is C=C1CC[C@@H]2[C@H]([C@H]3[C@H](C)CC[C@@H]13)C2(C)C. The van der Waals surface area contributed by atoms with Gasteiger partial charge in [0, 0.05) is 0 Å². The Morgan fingerprint density at radius 3 is 2.67 bits per heavy atom. The molecule has 0 aromatic rings. The Kier molecular flexibility index (Phi) is 1.92. The number of hydrogen-bond acceptors (Lipinski definition) is 0. The first-order chi connectivity index (χ1) is 7.03. The van der Waals surface area contributed by atoms with E-state index in [2.05, 4.69) is 27.4 Å². The first-order valence-electron chi connectivity index (χ1n) is 6.71. The Bertz CT molecular complexity index is 299. The molecular weight excluding hydrogens is 180 g/mol. The van der Waals surface area contributed by atoms with Gasteiger partial charge < -0.3 is 0 Å². The van der Waals surface area contributed by atoms with Crippen LogP contribution in [0.25, 0.3) is 0 Å². The summed E-state index contributed by atoms with van der Waals surface area (Å²) in [6.45, 7) is 11.8. The van der Waals surface area contributed by atoms with E-state index in [1.54, 1.807) is 5.57 Å². The van der Waals surface area contributed by atoms with E-state index in [-0.39, 0.29) is 0 Å². The molecule has 0 radical (unpaired) electrons. The molecule has 0 unspecified atom stereocenters. The summed E-state index contributed by atoms with van der Waals surface area (Å²) >= 11 is 0. The Morgan fingerprint density at radius 1 is 1.20 bits per heavy atom. The zero-order valence-electron chi connectivity index (χ0n) is 10.4. The molecule has 0 bridgehead atoms. The lowest BCUT2D eigenvalue weighted by Crippen LogP contribution is -2.18. The fourth-order valence-electron chi connectivity index (χ4n) is 4.93. The average molecular weight is 204 g/mol. The van der Waals surface area contributed by atoms with Gasteiger partial charge in [-0.2, -0.15) is 0 Å². The molecule has 0 spiro atoms. The quantitative estimate of drug-likeness (QED) is 0.517. The van der Waals surface area contributed by atoms with Crippen LogP contribution < -0.4 is 0 Å². The molecule has 15 heavy (non-hydrogen) atoms. The minimum absolute atomic E-state index is 0.655. The lowest BCUT2D eigenvalue weighted by molar-refractivity contribution is 0.280. The molecular formula is C15H24. The summed E-state index contributed by atoms with van der Waals surface area (Å²) in [6.07, 6.45) is 5.63. The molecule has 0 heteroatoms. The van der Waals surface area contributed by atoms with E-state index in [4.69, 9.17) is 0 Å². The largest absolute Gasteiger partial charge is 0.0996 e. The van der Waals surface area contributed by atoms with Gasteiger partial charge in [0.25, 0.3) is 0 Å². The number of allylic oxidation sites excluding steroid dienone is 1. The second-order valence-corrected chi connectivity index (χ2v) is 6.89. The maximum atomic E-state index is 4.35. The van der Waals surface area contributed by atoms with E-state index in [0.29, 0.717) is 5.41 Å². The first kappa shape index (κ1) is 9.93. The highest BCUT2D eigenvalue weighted by molar-refractivity contribution is 5.20. The third kappa shape index (κ3) is 1.20. The summed E-state index contributed by atoms with van der Waals surface area (Å²) in [5.74, 6) is 4.87. The Labute approximate surface area is 94.1 Å². The van der Waals surface area contributed by atoms with Crippen LogP contribution in [0.5, 0.6) is 0 Å². The molecule has 3 aliphatic carbocycles. The highest BCUT2D eigenvalue weighted by atomic mass is 14.7. The van der Waals surface area contributed by atoms with Gasteiger partial charge in [0.05, 0.1) is 0 Å². The van der Waals surface area contributed by atoms with E-state index in [1.165, 1.54) is 25.7 Å². The van der Waals surface area contributed by atoms with Crippen LogP contribution in [0.3, 0.4) is 0 Å². The van der Waals surface area contributed by atoms with Gasteiger partial charge in [-0.1, -0.05) is 32.9 Å². The predicted molar refractivity (Wildman–Crippen MR) is 64.5 cm³/mol. The second kappa shape index (κ2) is 2.90. The number of fused-ring (bicyclic) bond motifs is 3. The van der Waals surface area contributed by atoms with E-state index in [1.807, 2.05) is 0 Å². The van der Waals surface area contributed by atoms with Crippen molar-refractivity contribution in [3.8, 4) is 0 Å². The van der Waals surface area contributed by atoms with Crippen molar-refractivity contribution in [1.82, 2.24) is 0 Å². The molecule has 0 nitrogen and oxygen atoms in total. The maximum Gasteiger partial charge on any atom is -0.0172 e. The smallest absolute Gasteiger partial charge is 0.0172 e. The monoisotopic (exact) mass is 204 g/mol. The van der Waals surface area contributed by atoms with Gasteiger partial charge in [0.2, 0.25) is 0 Å². The molecule has 84 valence electrons. The van der Waals surface area contributed by atoms with Gasteiger partial charge in [-0.25, -0.2) is 0 Å². The van der Waals surface area contributed by atoms with Crippen LogP contribution in [0.4, 0.5) is 0 Å². The summed E-state index contributed by atoms with van der Waals surface area (Å²) in [5, 5.41) is 0. The van der Waals surface area contributed by atoms with Crippen LogP contribution in [-0.2, 0) is 0 Å². The lowest BCUT2D eigenvalue weighted by Gasteiger charge is -2.25. The van der Waals surface area contributed by atoms with Crippen molar-refractivity contribution >= 4 is 0 Å². The Morgan fingerprint density at radius 2 is 1.93 bits per heavy atom. The van der Waals surface area contributed by atoms with Crippen molar-refractivity contribution in [1.29, 1.82) is 0 Å². The van der Waals surface area contributed by atoms with Gasteiger partial charge >= 0.3 is 0 Å². The molecule has 0 aromatic heterocycles. The molecule has 3 fully saturated rings. The van der Waals surface area contributed by atoms with Crippen molar-refractivity contribution in [2.75, 3.05) is 0 Å². The molecule has 0 amide bonds.